The molecule has 2 heterocycles. The Kier molecular flexibility index (Phi) is 5.03. The van der Waals surface area contributed by atoms with Crippen molar-refractivity contribution in [3.63, 3.8) is 0 Å². The van der Waals surface area contributed by atoms with E-state index in [-0.39, 0.29) is 17.5 Å². The van der Waals surface area contributed by atoms with Crippen LogP contribution in [-0.2, 0) is 22.6 Å². The molecule has 1 saturated heterocycles. The van der Waals surface area contributed by atoms with Gasteiger partial charge in [-0.2, -0.15) is 18.0 Å². The highest BCUT2D eigenvalue weighted by Gasteiger charge is 2.34. The second-order valence-electron chi connectivity index (χ2n) is 5.98. The van der Waals surface area contributed by atoms with Crippen LogP contribution < -0.4 is 0 Å². The molecule has 0 bridgehead atoms. The van der Waals surface area contributed by atoms with Gasteiger partial charge >= 0.3 is 6.18 Å². The lowest BCUT2D eigenvalue weighted by Gasteiger charge is -2.42. The number of nitrogens with zero attached hydrogens (tertiary/aromatic N) is 5. The van der Waals surface area contributed by atoms with Crippen LogP contribution in [0.3, 0.4) is 0 Å². The van der Waals surface area contributed by atoms with Crippen molar-refractivity contribution in [2.75, 3.05) is 26.8 Å². The van der Waals surface area contributed by atoms with Crippen molar-refractivity contribution in [1.29, 1.82) is 0 Å². The third kappa shape index (κ3) is 5.18. The van der Waals surface area contributed by atoms with E-state index in [2.05, 4.69) is 15.4 Å². The van der Waals surface area contributed by atoms with Crippen LogP contribution in [0.4, 0.5) is 13.2 Å². The highest BCUT2D eigenvalue weighted by molar-refractivity contribution is 4.87. The lowest BCUT2D eigenvalue weighted by molar-refractivity contribution is -0.154. The summed E-state index contributed by atoms with van der Waals surface area (Å²) >= 11 is 0. The Labute approximate surface area is 126 Å². The molecule has 0 amide bonds. The zero-order chi connectivity index (χ0) is 16.4. The molecule has 10 heteroatoms. The second kappa shape index (κ2) is 6.47. The Morgan fingerprint density at radius 2 is 2.14 bits per heavy atom. The second-order valence-corrected chi connectivity index (χ2v) is 5.98. The standard InChI is InChI=1S/C12H20F3N5O2/c1-11(2)7-19(4-9(22-11)6-21-3)5-10-16-18-20(17-10)8-12(13,14)15/h9H,4-8H2,1-3H3. The summed E-state index contributed by atoms with van der Waals surface area (Å²) in [5.74, 6) is 0.262. The fourth-order valence-corrected chi connectivity index (χ4v) is 2.58. The molecule has 22 heavy (non-hydrogen) atoms. The van der Waals surface area contributed by atoms with Crippen LogP contribution in [0.25, 0.3) is 0 Å². The highest BCUT2D eigenvalue weighted by atomic mass is 19.4. The minimum atomic E-state index is -4.36. The molecule has 0 spiro atoms. The normalized spacial score (nSPS) is 22.9. The Morgan fingerprint density at radius 1 is 1.41 bits per heavy atom. The Hall–Kier alpha value is -1.26. The summed E-state index contributed by atoms with van der Waals surface area (Å²) in [6.45, 7) is 4.68. The number of halogens is 3. The van der Waals surface area contributed by atoms with Crippen LogP contribution in [0.2, 0.25) is 0 Å². The first-order chi connectivity index (χ1) is 10.2. The van der Waals surface area contributed by atoms with Crippen molar-refractivity contribution in [2.24, 2.45) is 0 Å². The van der Waals surface area contributed by atoms with E-state index in [0.29, 0.717) is 31.0 Å². The number of ether oxygens (including phenoxy) is 2. The molecule has 1 aromatic rings. The number of hydrogen-bond donors (Lipinski definition) is 0. The SMILES string of the molecule is COCC1CN(Cc2nnn(CC(F)(F)F)n2)CC(C)(C)O1. The van der Waals surface area contributed by atoms with Crippen LogP contribution in [0, 0.1) is 0 Å². The molecule has 0 radical (unpaired) electrons. The van der Waals surface area contributed by atoms with Gasteiger partial charge in [0.05, 0.1) is 24.9 Å². The third-order valence-electron chi connectivity index (χ3n) is 3.08. The summed E-state index contributed by atoms with van der Waals surface area (Å²) in [4.78, 5) is 2.59. The number of rotatable bonds is 5. The fourth-order valence-electron chi connectivity index (χ4n) is 2.58. The van der Waals surface area contributed by atoms with Gasteiger partial charge in [0.1, 0.15) is 0 Å². The van der Waals surface area contributed by atoms with E-state index >= 15 is 0 Å². The van der Waals surface area contributed by atoms with Crippen LogP contribution >= 0.6 is 0 Å². The summed E-state index contributed by atoms with van der Waals surface area (Å²) in [6.07, 6.45) is -4.46. The van der Waals surface area contributed by atoms with Crippen molar-refractivity contribution >= 4 is 0 Å². The first-order valence-electron chi connectivity index (χ1n) is 6.89. The molecule has 7 nitrogen and oxygen atoms in total. The monoisotopic (exact) mass is 323 g/mol. The maximum Gasteiger partial charge on any atom is 0.409 e. The average Bonchev–Trinajstić information content (AvgIpc) is 2.71. The average molecular weight is 323 g/mol. The van der Waals surface area contributed by atoms with Crippen molar-refractivity contribution in [3.05, 3.63) is 5.82 Å². The molecular formula is C12H20F3N5O2. The predicted molar refractivity (Wildman–Crippen MR) is 70.0 cm³/mol. The van der Waals surface area contributed by atoms with Gasteiger partial charge in [-0.25, -0.2) is 0 Å². The molecule has 1 aliphatic rings. The Balaban J connectivity index is 1.97. The van der Waals surface area contributed by atoms with Gasteiger partial charge in [0.25, 0.3) is 0 Å². The van der Waals surface area contributed by atoms with Gasteiger partial charge in [-0.15, -0.1) is 10.2 Å². The van der Waals surface area contributed by atoms with Gasteiger partial charge in [0, 0.05) is 20.2 Å². The number of alkyl halides is 3. The number of aromatic nitrogens is 4. The van der Waals surface area contributed by atoms with Crippen molar-refractivity contribution in [1.82, 2.24) is 25.1 Å². The molecule has 1 fully saturated rings. The van der Waals surface area contributed by atoms with Gasteiger partial charge < -0.3 is 9.47 Å². The fraction of sp³-hybridized carbons (Fsp3) is 0.917. The van der Waals surface area contributed by atoms with E-state index in [1.165, 1.54) is 0 Å². The zero-order valence-corrected chi connectivity index (χ0v) is 12.8. The highest BCUT2D eigenvalue weighted by Crippen LogP contribution is 2.22. The summed E-state index contributed by atoms with van der Waals surface area (Å²) in [7, 11) is 1.60. The molecular weight excluding hydrogens is 303 g/mol. The third-order valence-corrected chi connectivity index (χ3v) is 3.08. The van der Waals surface area contributed by atoms with E-state index in [1.807, 2.05) is 18.7 Å². The van der Waals surface area contributed by atoms with Crippen molar-refractivity contribution in [2.45, 2.75) is 44.8 Å². The largest absolute Gasteiger partial charge is 0.409 e. The molecule has 0 saturated carbocycles. The molecule has 2 rings (SSSR count). The molecule has 1 aromatic heterocycles. The number of tetrazole rings is 1. The number of methoxy groups -OCH3 is 1. The number of morpholine rings is 1. The van der Waals surface area contributed by atoms with E-state index < -0.39 is 12.7 Å². The Morgan fingerprint density at radius 3 is 2.77 bits per heavy atom. The van der Waals surface area contributed by atoms with Gasteiger partial charge in [0.2, 0.25) is 0 Å². The molecule has 0 aromatic carbocycles. The van der Waals surface area contributed by atoms with Crippen molar-refractivity contribution in [3.8, 4) is 0 Å². The van der Waals surface area contributed by atoms with E-state index in [4.69, 9.17) is 9.47 Å². The minimum absolute atomic E-state index is 0.0982. The maximum absolute atomic E-state index is 12.3. The van der Waals surface area contributed by atoms with Crippen LogP contribution in [-0.4, -0.2) is 69.8 Å². The van der Waals surface area contributed by atoms with Gasteiger partial charge in [-0.05, 0) is 19.1 Å². The smallest absolute Gasteiger partial charge is 0.382 e. The lowest BCUT2D eigenvalue weighted by atomic mass is 10.1. The first kappa shape index (κ1) is 17.1. The molecule has 0 aliphatic carbocycles. The topological polar surface area (TPSA) is 65.3 Å². The lowest BCUT2D eigenvalue weighted by Crippen LogP contribution is -2.53. The summed E-state index contributed by atoms with van der Waals surface area (Å²) < 4.78 is 47.8. The maximum atomic E-state index is 12.3. The molecule has 1 atom stereocenters. The molecule has 126 valence electrons. The summed E-state index contributed by atoms with van der Waals surface area (Å²) in [6, 6.07) is 0. The summed E-state index contributed by atoms with van der Waals surface area (Å²) in [5.41, 5.74) is -0.372. The van der Waals surface area contributed by atoms with E-state index in [0.717, 1.165) is 0 Å². The zero-order valence-electron chi connectivity index (χ0n) is 12.8. The quantitative estimate of drug-likeness (QED) is 0.801. The summed E-state index contributed by atoms with van der Waals surface area (Å²) in [5, 5.41) is 10.9. The molecule has 0 N–H and O–H groups in total. The van der Waals surface area contributed by atoms with E-state index in [9.17, 15) is 13.2 Å². The molecule has 1 unspecified atom stereocenters. The van der Waals surface area contributed by atoms with Crippen LogP contribution in [0.15, 0.2) is 0 Å². The van der Waals surface area contributed by atoms with Crippen LogP contribution in [0.5, 0.6) is 0 Å². The number of hydrogen-bond acceptors (Lipinski definition) is 6. The first-order valence-corrected chi connectivity index (χ1v) is 6.89. The Bertz CT molecular complexity index is 491. The van der Waals surface area contributed by atoms with Gasteiger partial charge in [-0.3, -0.25) is 4.90 Å². The van der Waals surface area contributed by atoms with Gasteiger partial charge in [-0.1, -0.05) is 0 Å². The molecule has 1 aliphatic heterocycles. The van der Waals surface area contributed by atoms with Gasteiger partial charge in [0.15, 0.2) is 12.4 Å². The minimum Gasteiger partial charge on any atom is -0.382 e. The van der Waals surface area contributed by atoms with Crippen LogP contribution in [0.1, 0.15) is 19.7 Å². The predicted octanol–water partition coefficient (Wildman–Crippen LogP) is 0.861. The van der Waals surface area contributed by atoms with Crippen molar-refractivity contribution < 1.29 is 22.6 Å². The van der Waals surface area contributed by atoms with E-state index in [1.54, 1.807) is 7.11 Å².